The van der Waals surface area contributed by atoms with Crippen molar-refractivity contribution in [3.05, 3.63) is 52.8 Å². The van der Waals surface area contributed by atoms with Crippen molar-refractivity contribution in [1.29, 1.82) is 0 Å². The Morgan fingerprint density at radius 2 is 1.88 bits per heavy atom. The summed E-state index contributed by atoms with van der Waals surface area (Å²) in [5.74, 6) is 0.471. The Morgan fingerprint density at radius 1 is 1.16 bits per heavy atom. The van der Waals surface area contributed by atoms with E-state index in [1.807, 2.05) is 27.7 Å². The second-order valence-electron chi connectivity index (χ2n) is 6.14. The molecule has 0 saturated heterocycles. The topological polar surface area (TPSA) is 47.6 Å². The SMILES string of the molecule is CCOc1c(C)cc(C(=O)Nc2ccc(C)c(F)c2)cc1OC(C)C. The fourth-order valence-corrected chi connectivity index (χ4v) is 2.42. The lowest BCUT2D eigenvalue weighted by Gasteiger charge is -2.18. The first-order chi connectivity index (χ1) is 11.8. The quantitative estimate of drug-likeness (QED) is 0.811. The normalized spacial score (nSPS) is 10.7. The molecule has 0 aliphatic heterocycles. The standard InChI is InChI=1S/C20H24FNO3/c1-6-24-19-14(5)9-15(10-18(19)25-12(2)3)20(23)22-16-8-7-13(4)17(21)11-16/h7-12H,6H2,1-5H3,(H,22,23). The van der Waals surface area contributed by atoms with Crippen LogP contribution in [0.15, 0.2) is 30.3 Å². The van der Waals surface area contributed by atoms with Crippen molar-refractivity contribution in [2.45, 2.75) is 40.7 Å². The van der Waals surface area contributed by atoms with Gasteiger partial charge in [-0.1, -0.05) is 6.07 Å². The summed E-state index contributed by atoms with van der Waals surface area (Å²) in [6.07, 6.45) is -0.0527. The zero-order valence-corrected chi connectivity index (χ0v) is 15.3. The van der Waals surface area contributed by atoms with Crippen molar-refractivity contribution in [3.63, 3.8) is 0 Å². The Hall–Kier alpha value is -2.56. The Balaban J connectivity index is 2.32. The summed E-state index contributed by atoms with van der Waals surface area (Å²) >= 11 is 0. The summed E-state index contributed by atoms with van der Waals surface area (Å²) in [6, 6.07) is 7.99. The number of hydrogen-bond donors (Lipinski definition) is 1. The summed E-state index contributed by atoms with van der Waals surface area (Å²) in [7, 11) is 0. The van der Waals surface area contributed by atoms with Crippen molar-refractivity contribution in [3.8, 4) is 11.5 Å². The maximum Gasteiger partial charge on any atom is 0.255 e. The number of carbonyl (C=O) groups is 1. The maximum absolute atomic E-state index is 13.7. The molecule has 25 heavy (non-hydrogen) atoms. The molecule has 0 radical (unpaired) electrons. The summed E-state index contributed by atoms with van der Waals surface area (Å²) < 4.78 is 25.1. The van der Waals surface area contributed by atoms with Gasteiger partial charge in [-0.2, -0.15) is 0 Å². The third-order valence-corrected chi connectivity index (χ3v) is 3.58. The predicted molar refractivity (Wildman–Crippen MR) is 97.2 cm³/mol. The number of halogens is 1. The predicted octanol–water partition coefficient (Wildman–Crippen LogP) is 4.88. The highest BCUT2D eigenvalue weighted by molar-refractivity contribution is 6.04. The molecule has 0 aliphatic carbocycles. The first-order valence-electron chi connectivity index (χ1n) is 8.33. The molecule has 0 aliphatic rings. The van der Waals surface area contributed by atoms with E-state index in [1.54, 1.807) is 31.2 Å². The monoisotopic (exact) mass is 345 g/mol. The highest BCUT2D eigenvalue weighted by Gasteiger charge is 2.16. The fourth-order valence-electron chi connectivity index (χ4n) is 2.42. The summed E-state index contributed by atoms with van der Waals surface area (Å²) in [5, 5.41) is 2.71. The molecular formula is C20H24FNO3. The molecule has 0 atom stereocenters. The summed E-state index contributed by atoms with van der Waals surface area (Å²) in [4.78, 5) is 12.5. The van der Waals surface area contributed by atoms with Crippen LogP contribution in [0.4, 0.5) is 10.1 Å². The molecule has 4 nitrogen and oxygen atoms in total. The van der Waals surface area contributed by atoms with E-state index in [0.29, 0.717) is 34.9 Å². The third-order valence-electron chi connectivity index (χ3n) is 3.58. The maximum atomic E-state index is 13.7. The van der Waals surface area contributed by atoms with Gasteiger partial charge in [0.05, 0.1) is 12.7 Å². The molecule has 0 fully saturated rings. The van der Waals surface area contributed by atoms with E-state index >= 15 is 0 Å². The van der Waals surface area contributed by atoms with Crippen molar-refractivity contribution in [1.82, 2.24) is 0 Å². The molecule has 1 N–H and O–H groups in total. The van der Waals surface area contributed by atoms with Gasteiger partial charge in [0.2, 0.25) is 0 Å². The molecule has 1 amide bonds. The van der Waals surface area contributed by atoms with Gasteiger partial charge in [-0.05, 0) is 70.0 Å². The average molecular weight is 345 g/mol. The van der Waals surface area contributed by atoms with Crippen LogP contribution >= 0.6 is 0 Å². The van der Waals surface area contributed by atoms with Crippen LogP contribution in [0.5, 0.6) is 11.5 Å². The Bertz CT molecular complexity index is 772. The first kappa shape index (κ1) is 18.8. The van der Waals surface area contributed by atoms with Crippen molar-refractivity contribution >= 4 is 11.6 Å². The summed E-state index contributed by atoms with van der Waals surface area (Å²) in [6.45, 7) is 9.75. The van der Waals surface area contributed by atoms with E-state index < -0.39 is 0 Å². The van der Waals surface area contributed by atoms with E-state index in [1.165, 1.54) is 6.07 Å². The highest BCUT2D eigenvalue weighted by atomic mass is 19.1. The minimum absolute atomic E-state index is 0.0527. The van der Waals surface area contributed by atoms with Crippen LogP contribution in [0.25, 0.3) is 0 Å². The average Bonchev–Trinajstić information content (AvgIpc) is 2.53. The zero-order valence-electron chi connectivity index (χ0n) is 15.3. The van der Waals surface area contributed by atoms with Gasteiger partial charge < -0.3 is 14.8 Å². The van der Waals surface area contributed by atoms with E-state index in [4.69, 9.17) is 9.47 Å². The van der Waals surface area contributed by atoms with Gasteiger partial charge in [0.15, 0.2) is 11.5 Å². The lowest BCUT2D eigenvalue weighted by molar-refractivity contribution is 0.102. The lowest BCUT2D eigenvalue weighted by Crippen LogP contribution is -2.14. The molecule has 2 aromatic carbocycles. The molecule has 5 heteroatoms. The number of benzene rings is 2. The number of amides is 1. The zero-order chi connectivity index (χ0) is 18.6. The molecule has 0 spiro atoms. The third kappa shape index (κ3) is 4.72. The lowest BCUT2D eigenvalue weighted by atomic mass is 10.1. The number of rotatable bonds is 6. The number of anilines is 1. The van der Waals surface area contributed by atoms with Crippen molar-refractivity contribution in [2.75, 3.05) is 11.9 Å². The number of hydrogen-bond acceptors (Lipinski definition) is 3. The van der Waals surface area contributed by atoms with Crippen molar-refractivity contribution in [2.24, 2.45) is 0 Å². The van der Waals surface area contributed by atoms with Gasteiger partial charge in [-0.15, -0.1) is 0 Å². The van der Waals surface area contributed by atoms with E-state index in [-0.39, 0.29) is 17.8 Å². The molecule has 0 heterocycles. The molecule has 0 aromatic heterocycles. The second-order valence-corrected chi connectivity index (χ2v) is 6.14. The molecule has 0 bridgehead atoms. The van der Waals surface area contributed by atoms with Crippen molar-refractivity contribution < 1.29 is 18.7 Å². The van der Waals surface area contributed by atoms with Gasteiger partial charge in [-0.3, -0.25) is 4.79 Å². The van der Waals surface area contributed by atoms with E-state index in [9.17, 15) is 9.18 Å². The van der Waals surface area contributed by atoms with Gasteiger partial charge in [0.1, 0.15) is 5.82 Å². The van der Waals surface area contributed by atoms with Crippen LogP contribution in [-0.4, -0.2) is 18.6 Å². The second kappa shape index (κ2) is 8.01. The highest BCUT2D eigenvalue weighted by Crippen LogP contribution is 2.33. The van der Waals surface area contributed by atoms with Gasteiger partial charge in [0.25, 0.3) is 5.91 Å². The molecule has 134 valence electrons. The van der Waals surface area contributed by atoms with Gasteiger partial charge >= 0.3 is 0 Å². The number of nitrogens with one attached hydrogen (secondary N) is 1. The molecule has 0 saturated carbocycles. The number of ether oxygens (including phenoxy) is 2. The van der Waals surface area contributed by atoms with Crippen LogP contribution in [-0.2, 0) is 0 Å². The van der Waals surface area contributed by atoms with Crippen LogP contribution in [0.3, 0.4) is 0 Å². The molecule has 2 rings (SSSR count). The molecule has 0 unspecified atom stereocenters. The number of aryl methyl sites for hydroxylation is 2. The van der Waals surface area contributed by atoms with E-state index in [0.717, 1.165) is 5.56 Å². The number of carbonyl (C=O) groups excluding carboxylic acids is 1. The Morgan fingerprint density at radius 3 is 2.48 bits per heavy atom. The Labute approximate surface area is 148 Å². The smallest absolute Gasteiger partial charge is 0.255 e. The summed E-state index contributed by atoms with van der Waals surface area (Å²) in [5.41, 5.74) is 2.17. The van der Waals surface area contributed by atoms with Crippen LogP contribution in [0, 0.1) is 19.7 Å². The first-order valence-corrected chi connectivity index (χ1v) is 8.33. The minimum Gasteiger partial charge on any atom is -0.490 e. The van der Waals surface area contributed by atoms with Crippen LogP contribution in [0.2, 0.25) is 0 Å². The minimum atomic E-state index is -0.357. The molecule has 2 aromatic rings. The van der Waals surface area contributed by atoms with Crippen LogP contribution < -0.4 is 14.8 Å². The van der Waals surface area contributed by atoms with Crippen LogP contribution in [0.1, 0.15) is 42.3 Å². The fraction of sp³-hybridized carbons (Fsp3) is 0.350. The van der Waals surface area contributed by atoms with Gasteiger partial charge in [-0.25, -0.2) is 4.39 Å². The van der Waals surface area contributed by atoms with E-state index in [2.05, 4.69) is 5.32 Å². The molecular weight excluding hydrogens is 321 g/mol. The largest absolute Gasteiger partial charge is 0.490 e. The van der Waals surface area contributed by atoms with Gasteiger partial charge in [0, 0.05) is 11.3 Å². The Kier molecular flexibility index (Phi) is 6.02.